The zero-order valence-electron chi connectivity index (χ0n) is 7.87. The fourth-order valence-corrected chi connectivity index (χ4v) is 1.32. The van der Waals surface area contributed by atoms with E-state index in [4.69, 9.17) is 16.7 Å². The predicted molar refractivity (Wildman–Crippen MR) is 57.4 cm³/mol. The molecule has 0 saturated heterocycles. The summed E-state index contributed by atoms with van der Waals surface area (Å²) in [5.74, 6) is 0.0595. The van der Waals surface area contributed by atoms with Gasteiger partial charge >= 0.3 is 5.97 Å². The highest BCUT2D eigenvalue weighted by Crippen LogP contribution is 2.37. The van der Waals surface area contributed by atoms with E-state index in [1.54, 1.807) is 6.08 Å². The number of hydrogen-bond acceptors (Lipinski definition) is 1. The summed E-state index contributed by atoms with van der Waals surface area (Å²) in [7, 11) is 0. The van der Waals surface area contributed by atoms with Crippen molar-refractivity contribution in [3.63, 3.8) is 0 Å². The Kier molecular flexibility index (Phi) is 3.96. The Hall–Kier alpha value is -1.02. The van der Waals surface area contributed by atoms with Gasteiger partial charge in [-0.15, -0.1) is 11.6 Å². The van der Waals surface area contributed by atoms with Gasteiger partial charge in [0.2, 0.25) is 0 Å². The van der Waals surface area contributed by atoms with Crippen LogP contribution in [-0.2, 0) is 4.79 Å². The van der Waals surface area contributed by atoms with E-state index in [1.165, 1.54) is 18.9 Å². The van der Waals surface area contributed by atoms with Crippen LogP contribution in [0.1, 0.15) is 12.8 Å². The van der Waals surface area contributed by atoms with E-state index >= 15 is 0 Å². The van der Waals surface area contributed by atoms with Crippen LogP contribution in [0.25, 0.3) is 0 Å². The van der Waals surface area contributed by atoms with E-state index in [2.05, 4.69) is 6.58 Å². The van der Waals surface area contributed by atoms with Gasteiger partial charge < -0.3 is 5.11 Å². The van der Waals surface area contributed by atoms with Crippen LogP contribution in [0.4, 0.5) is 0 Å². The fraction of sp³-hybridized carbons (Fsp3) is 0.364. The number of allylic oxidation sites excluding steroid dienone is 3. The van der Waals surface area contributed by atoms with Crippen molar-refractivity contribution in [2.75, 3.05) is 5.88 Å². The van der Waals surface area contributed by atoms with Gasteiger partial charge in [-0.1, -0.05) is 18.7 Å². The number of carbonyl (C=O) groups is 1. The van der Waals surface area contributed by atoms with Crippen LogP contribution in [0, 0.1) is 5.92 Å². The normalized spacial score (nSPS) is 17.4. The first kappa shape index (κ1) is 11.1. The average Bonchev–Trinajstić information content (AvgIpc) is 2.94. The zero-order chi connectivity index (χ0) is 10.6. The van der Waals surface area contributed by atoms with Gasteiger partial charge in [0.15, 0.2) is 0 Å². The molecule has 1 aliphatic rings. The first-order chi connectivity index (χ1) is 6.65. The third-order valence-corrected chi connectivity index (χ3v) is 2.27. The summed E-state index contributed by atoms with van der Waals surface area (Å²) in [6.45, 7) is 3.42. The van der Waals surface area contributed by atoms with E-state index in [9.17, 15) is 4.79 Å². The number of rotatable bonds is 5. The molecule has 14 heavy (non-hydrogen) atoms. The van der Waals surface area contributed by atoms with E-state index in [-0.39, 0.29) is 5.57 Å². The molecule has 0 aromatic rings. The first-order valence-electron chi connectivity index (χ1n) is 4.51. The van der Waals surface area contributed by atoms with Gasteiger partial charge in [-0.3, -0.25) is 0 Å². The van der Waals surface area contributed by atoms with E-state index in [0.29, 0.717) is 11.8 Å². The Morgan fingerprint density at radius 3 is 2.57 bits per heavy atom. The second kappa shape index (κ2) is 5.01. The van der Waals surface area contributed by atoms with Crippen molar-refractivity contribution in [2.24, 2.45) is 5.92 Å². The molecule has 0 amide bonds. The maximum atomic E-state index is 10.5. The second-order valence-electron chi connectivity index (χ2n) is 3.30. The molecular formula is C11H13ClO2. The van der Waals surface area contributed by atoms with E-state index in [1.807, 2.05) is 6.08 Å². The van der Waals surface area contributed by atoms with Crippen molar-refractivity contribution in [1.82, 2.24) is 0 Å². The standard InChI is InChI=1S/C11H13ClO2/c1-8(11(13)14)2-3-10(6-7-12)9-4-5-9/h2-3,6,9H,1,4-5,7H2,(H,13,14)/b3-2-,10-6+. The van der Waals surface area contributed by atoms with Gasteiger partial charge in [-0.2, -0.15) is 0 Å². The van der Waals surface area contributed by atoms with Gasteiger partial charge in [0.05, 0.1) is 5.57 Å². The molecule has 0 spiro atoms. The van der Waals surface area contributed by atoms with Crippen molar-refractivity contribution in [2.45, 2.75) is 12.8 Å². The number of carboxylic acid groups (broad SMARTS) is 1. The molecule has 76 valence electrons. The topological polar surface area (TPSA) is 37.3 Å². The number of aliphatic carboxylic acids is 1. The molecule has 0 bridgehead atoms. The highest BCUT2D eigenvalue weighted by atomic mass is 35.5. The van der Waals surface area contributed by atoms with Crippen LogP contribution in [0.5, 0.6) is 0 Å². The van der Waals surface area contributed by atoms with Crippen LogP contribution in [0.15, 0.2) is 36.0 Å². The van der Waals surface area contributed by atoms with Crippen molar-refractivity contribution in [1.29, 1.82) is 0 Å². The third kappa shape index (κ3) is 3.38. The lowest BCUT2D eigenvalue weighted by atomic mass is 10.1. The summed E-state index contributed by atoms with van der Waals surface area (Å²) < 4.78 is 0. The molecule has 2 nitrogen and oxygen atoms in total. The lowest BCUT2D eigenvalue weighted by Crippen LogP contribution is -1.95. The first-order valence-corrected chi connectivity index (χ1v) is 5.05. The predicted octanol–water partition coefficient (Wildman–Crippen LogP) is 2.76. The minimum absolute atomic E-state index is 0.103. The highest BCUT2D eigenvalue weighted by Gasteiger charge is 2.23. The molecule has 1 rings (SSSR count). The van der Waals surface area contributed by atoms with Crippen molar-refractivity contribution in [3.8, 4) is 0 Å². The Bertz CT molecular complexity index is 298. The SMILES string of the molecule is C=C(/C=C\C(=C/CCl)C1CC1)C(=O)O. The Labute approximate surface area is 88.6 Å². The van der Waals surface area contributed by atoms with E-state index < -0.39 is 5.97 Å². The van der Waals surface area contributed by atoms with Gasteiger partial charge in [-0.05, 0) is 30.4 Å². The van der Waals surface area contributed by atoms with Gasteiger partial charge in [-0.25, -0.2) is 4.79 Å². The van der Waals surface area contributed by atoms with Crippen LogP contribution in [0.2, 0.25) is 0 Å². The Balaban J connectivity index is 2.59. The Morgan fingerprint density at radius 1 is 1.50 bits per heavy atom. The quantitative estimate of drug-likeness (QED) is 0.432. The van der Waals surface area contributed by atoms with Crippen molar-refractivity contribution >= 4 is 17.6 Å². The van der Waals surface area contributed by atoms with Crippen molar-refractivity contribution < 1.29 is 9.90 Å². The summed E-state index contributed by atoms with van der Waals surface area (Å²) in [5.41, 5.74) is 1.23. The van der Waals surface area contributed by atoms with Crippen LogP contribution in [0.3, 0.4) is 0 Å². The molecule has 0 radical (unpaired) electrons. The minimum atomic E-state index is -0.984. The van der Waals surface area contributed by atoms with Crippen molar-refractivity contribution in [3.05, 3.63) is 36.0 Å². The lowest BCUT2D eigenvalue weighted by Gasteiger charge is -1.97. The average molecular weight is 213 g/mol. The molecule has 0 unspecified atom stereocenters. The number of alkyl halides is 1. The smallest absolute Gasteiger partial charge is 0.335 e. The zero-order valence-corrected chi connectivity index (χ0v) is 8.63. The number of halogens is 1. The number of hydrogen-bond donors (Lipinski definition) is 1. The molecule has 0 aliphatic heterocycles. The highest BCUT2D eigenvalue weighted by molar-refractivity contribution is 6.19. The molecule has 0 heterocycles. The molecule has 1 saturated carbocycles. The summed E-state index contributed by atoms with van der Waals surface area (Å²) in [6, 6.07) is 0. The van der Waals surface area contributed by atoms with E-state index in [0.717, 1.165) is 5.57 Å². The molecule has 0 aromatic heterocycles. The largest absolute Gasteiger partial charge is 0.478 e. The van der Waals surface area contributed by atoms with Gasteiger partial charge in [0, 0.05) is 5.88 Å². The van der Waals surface area contributed by atoms with Crippen LogP contribution in [-0.4, -0.2) is 17.0 Å². The second-order valence-corrected chi connectivity index (χ2v) is 3.61. The molecule has 1 aliphatic carbocycles. The molecule has 1 fully saturated rings. The molecule has 1 N–H and O–H groups in total. The lowest BCUT2D eigenvalue weighted by molar-refractivity contribution is -0.132. The molecule has 3 heteroatoms. The molecular weight excluding hydrogens is 200 g/mol. The summed E-state index contributed by atoms with van der Waals surface area (Å²) in [6.07, 6.45) is 7.60. The van der Waals surface area contributed by atoms with Gasteiger partial charge in [0.1, 0.15) is 0 Å². The monoisotopic (exact) mass is 212 g/mol. The molecule has 0 aromatic carbocycles. The van der Waals surface area contributed by atoms with Crippen LogP contribution >= 0.6 is 11.6 Å². The van der Waals surface area contributed by atoms with Crippen LogP contribution < -0.4 is 0 Å². The Morgan fingerprint density at radius 2 is 2.14 bits per heavy atom. The summed E-state index contributed by atoms with van der Waals surface area (Å²) in [4.78, 5) is 10.5. The third-order valence-electron chi connectivity index (χ3n) is 2.11. The maximum Gasteiger partial charge on any atom is 0.335 e. The number of carboxylic acids is 1. The minimum Gasteiger partial charge on any atom is -0.478 e. The molecule has 0 atom stereocenters. The van der Waals surface area contributed by atoms with Gasteiger partial charge in [0.25, 0.3) is 0 Å². The fourth-order valence-electron chi connectivity index (χ4n) is 1.14. The maximum absolute atomic E-state index is 10.5. The summed E-state index contributed by atoms with van der Waals surface area (Å²) >= 11 is 5.60. The summed E-state index contributed by atoms with van der Waals surface area (Å²) in [5, 5.41) is 8.58.